The molecule has 128 valence electrons. The van der Waals surface area contributed by atoms with E-state index in [1.807, 2.05) is 31.3 Å². The number of rotatable bonds is 6. The normalized spacial score (nSPS) is 11.2. The molecule has 1 aromatic heterocycles. The summed E-state index contributed by atoms with van der Waals surface area (Å²) in [6, 6.07) is 12.0. The van der Waals surface area contributed by atoms with Crippen LogP contribution in [0.25, 0.3) is 0 Å². The predicted octanol–water partition coefficient (Wildman–Crippen LogP) is 2.96. The number of carbonyl (C=O) groups is 1. The molecule has 0 radical (unpaired) electrons. The van der Waals surface area contributed by atoms with Crippen LogP contribution in [0, 0.1) is 0 Å². The van der Waals surface area contributed by atoms with Crippen molar-refractivity contribution >= 4 is 28.9 Å². The zero-order valence-corrected chi connectivity index (χ0v) is 15.2. The first-order chi connectivity index (χ1) is 11.6. The average molecular weight is 344 g/mol. The van der Waals surface area contributed by atoms with Crippen molar-refractivity contribution in [3.63, 3.8) is 0 Å². The second-order valence-electron chi connectivity index (χ2n) is 5.53. The Balaban J connectivity index is 1.87. The number of amides is 1. The van der Waals surface area contributed by atoms with Crippen LogP contribution in [0.15, 0.2) is 46.8 Å². The van der Waals surface area contributed by atoms with Crippen LogP contribution in [0.5, 0.6) is 0 Å². The van der Waals surface area contributed by atoms with Gasteiger partial charge in [0.15, 0.2) is 5.96 Å². The smallest absolute Gasteiger partial charge is 0.221 e. The average Bonchev–Trinajstić information content (AvgIpc) is 3.06. The predicted molar refractivity (Wildman–Crippen MR) is 102 cm³/mol. The van der Waals surface area contributed by atoms with E-state index >= 15 is 0 Å². The minimum Gasteiger partial charge on any atom is -0.352 e. The third-order valence-corrected chi connectivity index (χ3v) is 4.48. The summed E-state index contributed by atoms with van der Waals surface area (Å²) in [7, 11) is 3.83. The molecule has 2 rings (SSSR count). The van der Waals surface area contributed by atoms with Crippen molar-refractivity contribution in [3.8, 4) is 0 Å². The fraction of sp³-hybridized carbons (Fsp3) is 0.333. The molecule has 5 nitrogen and oxygen atoms in total. The summed E-state index contributed by atoms with van der Waals surface area (Å²) >= 11 is 1.78. The van der Waals surface area contributed by atoms with Gasteiger partial charge in [0.2, 0.25) is 5.91 Å². The van der Waals surface area contributed by atoms with E-state index in [1.54, 1.807) is 18.4 Å². The van der Waals surface area contributed by atoms with Crippen molar-refractivity contribution in [2.24, 2.45) is 4.99 Å². The fourth-order valence-corrected chi connectivity index (χ4v) is 3.06. The summed E-state index contributed by atoms with van der Waals surface area (Å²) in [6.45, 7) is 3.07. The molecule has 6 heteroatoms. The van der Waals surface area contributed by atoms with E-state index < -0.39 is 0 Å². The number of hydrogen-bond donors (Lipinski definition) is 2. The maximum absolute atomic E-state index is 11.1. The molecule has 0 atom stereocenters. The van der Waals surface area contributed by atoms with E-state index in [0.717, 1.165) is 30.2 Å². The number of hydrogen-bond acceptors (Lipinski definition) is 3. The number of nitrogens with one attached hydrogen (secondary N) is 2. The van der Waals surface area contributed by atoms with Crippen LogP contribution >= 0.6 is 11.3 Å². The van der Waals surface area contributed by atoms with E-state index in [4.69, 9.17) is 0 Å². The SMILES string of the molecule is CN=C(NCc1cccc(NC(C)=O)c1)N(C)CCc1cccs1. The molecule has 1 amide bonds. The first-order valence-corrected chi connectivity index (χ1v) is 8.77. The van der Waals surface area contributed by atoms with Gasteiger partial charge in [0.1, 0.15) is 0 Å². The Morgan fingerprint density at radius 2 is 2.12 bits per heavy atom. The minimum absolute atomic E-state index is 0.0655. The van der Waals surface area contributed by atoms with Crippen molar-refractivity contribution < 1.29 is 4.79 Å². The quantitative estimate of drug-likeness (QED) is 0.626. The van der Waals surface area contributed by atoms with Crippen LogP contribution in [-0.4, -0.2) is 37.4 Å². The zero-order valence-electron chi connectivity index (χ0n) is 14.4. The van der Waals surface area contributed by atoms with Crippen molar-refractivity contribution in [3.05, 3.63) is 52.2 Å². The molecule has 0 fully saturated rings. The summed E-state index contributed by atoms with van der Waals surface area (Å²) in [5, 5.41) is 8.26. The highest BCUT2D eigenvalue weighted by molar-refractivity contribution is 7.09. The zero-order chi connectivity index (χ0) is 17.4. The van der Waals surface area contributed by atoms with E-state index in [0.29, 0.717) is 6.54 Å². The van der Waals surface area contributed by atoms with Gasteiger partial charge < -0.3 is 15.5 Å². The maximum atomic E-state index is 11.1. The molecule has 0 saturated heterocycles. The number of likely N-dealkylation sites (N-methyl/N-ethyl adjacent to an activating group) is 1. The molecule has 2 N–H and O–H groups in total. The highest BCUT2D eigenvalue weighted by atomic mass is 32.1. The monoisotopic (exact) mass is 344 g/mol. The van der Waals surface area contributed by atoms with Crippen molar-refractivity contribution in [2.75, 3.05) is 26.0 Å². The highest BCUT2D eigenvalue weighted by Gasteiger charge is 2.07. The molecule has 2 aromatic rings. The summed E-state index contributed by atoms with van der Waals surface area (Å²) in [6.07, 6.45) is 1.01. The fourth-order valence-electron chi connectivity index (χ4n) is 2.37. The molecule has 0 aliphatic carbocycles. The topological polar surface area (TPSA) is 56.7 Å². The van der Waals surface area contributed by atoms with Crippen molar-refractivity contribution in [1.82, 2.24) is 10.2 Å². The molecule has 0 aliphatic rings. The van der Waals surface area contributed by atoms with E-state index in [2.05, 4.69) is 38.0 Å². The first kappa shape index (κ1) is 18.0. The summed E-state index contributed by atoms with van der Waals surface area (Å²) in [5.41, 5.74) is 1.90. The van der Waals surface area contributed by atoms with E-state index in [9.17, 15) is 4.79 Å². The molecular weight excluding hydrogens is 320 g/mol. The third kappa shape index (κ3) is 5.70. The lowest BCUT2D eigenvalue weighted by Crippen LogP contribution is -2.39. The standard InChI is InChI=1S/C18H24N4OS/c1-14(23)21-16-7-4-6-15(12-16)13-20-18(19-2)22(3)10-9-17-8-5-11-24-17/h4-8,11-12H,9-10,13H2,1-3H3,(H,19,20)(H,21,23). The van der Waals surface area contributed by atoms with Crippen LogP contribution in [0.2, 0.25) is 0 Å². The summed E-state index contributed by atoms with van der Waals surface area (Å²) in [5.74, 6) is 0.792. The molecule has 0 bridgehead atoms. The number of thiophene rings is 1. The van der Waals surface area contributed by atoms with Crippen LogP contribution in [-0.2, 0) is 17.8 Å². The molecule has 0 saturated carbocycles. The lowest BCUT2D eigenvalue weighted by atomic mass is 10.2. The summed E-state index contributed by atoms with van der Waals surface area (Å²) < 4.78 is 0. The Kier molecular flexibility index (Phi) is 6.81. The Morgan fingerprint density at radius 1 is 1.29 bits per heavy atom. The van der Waals surface area contributed by atoms with Crippen molar-refractivity contribution in [1.29, 1.82) is 0 Å². The van der Waals surface area contributed by atoms with Gasteiger partial charge in [-0.15, -0.1) is 11.3 Å². The Morgan fingerprint density at radius 3 is 2.79 bits per heavy atom. The van der Waals surface area contributed by atoms with Crippen LogP contribution in [0.4, 0.5) is 5.69 Å². The van der Waals surface area contributed by atoms with Crippen molar-refractivity contribution in [2.45, 2.75) is 19.9 Å². The number of anilines is 1. The summed E-state index contributed by atoms with van der Waals surface area (Å²) in [4.78, 5) is 19.0. The van der Waals surface area contributed by atoms with Gasteiger partial charge in [0, 0.05) is 44.7 Å². The number of benzene rings is 1. The minimum atomic E-state index is -0.0655. The van der Waals surface area contributed by atoms with Gasteiger partial charge in [-0.3, -0.25) is 9.79 Å². The van der Waals surface area contributed by atoms with Gasteiger partial charge in [-0.25, -0.2) is 0 Å². The molecule has 0 aliphatic heterocycles. The first-order valence-electron chi connectivity index (χ1n) is 7.89. The highest BCUT2D eigenvalue weighted by Crippen LogP contribution is 2.11. The van der Waals surface area contributed by atoms with E-state index in [-0.39, 0.29) is 5.91 Å². The lowest BCUT2D eigenvalue weighted by Gasteiger charge is -2.22. The second kappa shape index (κ2) is 9.08. The lowest BCUT2D eigenvalue weighted by molar-refractivity contribution is -0.114. The third-order valence-electron chi connectivity index (χ3n) is 3.55. The maximum Gasteiger partial charge on any atom is 0.221 e. The molecule has 1 aromatic carbocycles. The van der Waals surface area contributed by atoms with E-state index in [1.165, 1.54) is 11.8 Å². The van der Waals surface area contributed by atoms with Gasteiger partial charge >= 0.3 is 0 Å². The van der Waals surface area contributed by atoms with Crippen LogP contribution in [0.3, 0.4) is 0 Å². The van der Waals surface area contributed by atoms with Gasteiger partial charge in [-0.05, 0) is 35.6 Å². The van der Waals surface area contributed by atoms with Gasteiger partial charge in [0.05, 0.1) is 0 Å². The van der Waals surface area contributed by atoms with Gasteiger partial charge in [-0.1, -0.05) is 18.2 Å². The number of nitrogens with zero attached hydrogens (tertiary/aromatic N) is 2. The molecule has 0 spiro atoms. The molecule has 24 heavy (non-hydrogen) atoms. The number of guanidine groups is 1. The number of aliphatic imine (C=N–C) groups is 1. The van der Waals surface area contributed by atoms with Crippen LogP contribution in [0.1, 0.15) is 17.4 Å². The Labute approximate surface area is 147 Å². The Bertz CT molecular complexity index is 682. The molecular formula is C18H24N4OS. The molecule has 1 heterocycles. The Hall–Kier alpha value is -2.34. The molecule has 0 unspecified atom stereocenters. The van der Waals surface area contributed by atoms with Crippen LogP contribution < -0.4 is 10.6 Å². The largest absolute Gasteiger partial charge is 0.352 e. The second-order valence-corrected chi connectivity index (χ2v) is 6.57. The number of carbonyl (C=O) groups excluding carboxylic acids is 1. The van der Waals surface area contributed by atoms with Gasteiger partial charge in [-0.2, -0.15) is 0 Å². The van der Waals surface area contributed by atoms with Gasteiger partial charge in [0.25, 0.3) is 0 Å².